The van der Waals surface area contributed by atoms with Crippen molar-refractivity contribution in [3.05, 3.63) is 0 Å². The van der Waals surface area contributed by atoms with Gasteiger partial charge in [0.2, 0.25) is 11.1 Å². The van der Waals surface area contributed by atoms with Crippen LogP contribution in [0, 0.1) is 0 Å². The van der Waals surface area contributed by atoms with Crippen LogP contribution >= 0.6 is 11.5 Å². The minimum absolute atomic E-state index is 0.370. The van der Waals surface area contributed by atoms with Gasteiger partial charge in [-0.15, -0.1) is 0 Å². The Bertz CT molecular complexity index is 245. The van der Waals surface area contributed by atoms with Crippen LogP contribution < -0.4 is 10.6 Å². The molecule has 0 amide bonds. The molecule has 1 heterocycles. The van der Waals surface area contributed by atoms with E-state index in [9.17, 15) is 0 Å². The lowest BCUT2D eigenvalue weighted by molar-refractivity contribution is 0.701. The van der Waals surface area contributed by atoms with E-state index in [2.05, 4.69) is 35.0 Å². The maximum Gasteiger partial charge on any atom is 0.233 e. The Balaban J connectivity index is 2.80. The van der Waals surface area contributed by atoms with Crippen LogP contribution in [-0.4, -0.2) is 21.9 Å². The first-order valence-corrected chi connectivity index (χ1v) is 4.78. The molecule has 1 aromatic heterocycles. The lowest BCUT2D eigenvalue weighted by Crippen LogP contribution is -2.30. The molecule has 0 saturated heterocycles. The molecule has 0 radical (unpaired) electrons. The molecule has 0 spiro atoms. The van der Waals surface area contributed by atoms with E-state index in [-0.39, 0.29) is 0 Å². The smallest absolute Gasteiger partial charge is 0.233 e. The molecule has 0 aromatic carbocycles. The average Bonchev–Trinajstić information content (AvgIpc) is 2.37. The standard InChI is InChI=1S/C7H14N4S/c1-4-11(5(2)3)7-9-6(8)10-12-7/h5H,4H2,1-3H3,(H2,8,10). The quantitative estimate of drug-likeness (QED) is 0.774. The molecule has 68 valence electrons. The van der Waals surface area contributed by atoms with Gasteiger partial charge in [-0.25, -0.2) is 0 Å². The van der Waals surface area contributed by atoms with E-state index in [4.69, 9.17) is 5.73 Å². The van der Waals surface area contributed by atoms with Crippen LogP contribution in [0.2, 0.25) is 0 Å². The molecule has 0 fully saturated rings. The first-order valence-electron chi connectivity index (χ1n) is 4.01. The minimum Gasteiger partial charge on any atom is -0.367 e. The fourth-order valence-corrected chi connectivity index (χ4v) is 1.86. The molecule has 5 heteroatoms. The summed E-state index contributed by atoms with van der Waals surface area (Å²) in [6.45, 7) is 7.28. The molecule has 2 N–H and O–H groups in total. The van der Waals surface area contributed by atoms with Gasteiger partial charge in [0.05, 0.1) is 0 Å². The molecular formula is C7H14N4S. The number of hydrogen-bond donors (Lipinski definition) is 1. The largest absolute Gasteiger partial charge is 0.367 e. The predicted octanol–water partition coefficient (Wildman–Crippen LogP) is 1.35. The molecule has 0 atom stereocenters. The summed E-state index contributed by atoms with van der Waals surface area (Å²) in [7, 11) is 0. The summed E-state index contributed by atoms with van der Waals surface area (Å²) in [6, 6.07) is 0.447. The van der Waals surface area contributed by atoms with Crippen LogP contribution in [0.4, 0.5) is 11.1 Å². The number of hydrogen-bond acceptors (Lipinski definition) is 5. The van der Waals surface area contributed by atoms with Gasteiger partial charge in [-0.3, -0.25) is 0 Å². The van der Waals surface area contributed by atoms with E-state index in [0.29, 0.717) is 12.0 Å². The SMILES string of the molecule is CCN(c1nc(N)ns1)C(C)C. The van der Waals surface area contributed by atoms with E-state index in [0.717, 1.165) is 11.7 Å². The summed E-state index contributed by atoms with van der Waals surface area (Å²) >= 11 is 1.35. The van der Waals surface area contributed by atoms with Gasteiger partial charge in [0, 0.05) is 24.1 Å². The highest BCUT2D eigenvalue weighted by atomic mass is 32.1. The van der Waals surface area contributed by atoms with Crippen LogP contribution in [-0.2, 0) is 0 Å². The van der Waals surface area contributed by atoms with Gasteiger partial charge in [0.25, 0.3) is 0 Å². The highest BCUT2D eigenvalue weighted by Crippen LogP contribution is 2.19. The highest BCUT2D eigenvalue weighted by Gasteiger charge is 2.12. The van der Waals surface area contributed by atoms with Gasteiger partial charge in [-0.05, 0) is 20.8 Å². The van der Waals surface area contributed by atoms with Crippen molar-refractivity contribution in [1.29, 1.82) is 0 Å². The van der Waals surface area contributed by atoms with E-state index < -0.39 is 0 Å². The predicted molar refractivity (Wildman–Crippen MR) is 52.5 cm³/mol. The van der Waals surface area contributed by atoms with Gasteiger partial charge < -0.3 is 10.6 Å². The van der Waals surface area contributed by atoms with Crippen molar-refractivity contribution < 1.29 is 0 Å². The highest BCUT2D eigenvalue weighted by molar-refractivity contribution is 7.09. The third-order valence-electron chi connectivity index (χ3n) is 1.64. The second-order valence-electron chi connectivity index (χ2n) is 2.81. The minimum atomic E-state index is 0.370. The van der Waals surface area contributed by atoms with Crippen LogP contribution in [0.3, 0.4) is 0 Å². The molecular weight excluding hydrogens is 172 g/mol. The zero-order valence-electron chi connectivity index (χ0n) is 7.61. The van der Waals surface area contributed by atoms with Gasteiger partial charge in [0.15, 0.2) is 0 Å². The van der Waals surface area contributed by atoms with Gasteiger partial charge in [-0.2, -0.15) is 9.36 Å². The zero-order chi connectivity index (χ0) is 9.14. The molecule has 1 rings (SSSR count). The number of rotatable bonds is 3. The molecule has 0 saturated carbocycles. The number of anilines is 2. The van der Waals surface area contributed by atoms with Crippen molar-refractivity contribution in [2.75, 3.05) is 17.2 Å². The van der Waals surface area contributed by atoms with Crippen LogP contribution in [0.5, 0.6) is 0 Å². The van der Waals surface area contributed by atoms with Crippen LogP contribution in [0.1, 0.15) is 20.8 Å². The Morgan fingerprint density at radius 3 is 2.58 bits per heavy atom. The van der Waals surface area contributed by atoms with Crippen molar-refractivity contribution >= 4 is 22.6 Å². The molecule has 4 nitrogen and oxygen atoms in total. The Morgan fingerprint density at radius 2 is 2.25 bits per heavy atom. The van der Waals surface area contributed by atoms with Gasteiger partial charge in [0.1, 0.15) is 0 Å². The Hall–Kier alpha value is -0.840. The van der Waals surface area contributed by atoms with Crippen molar-refractivity contribution in [1.82, 2.24) is 9.36 Å². The third kappa shape index (κ3) is 1.85. The van der Waals surface area contributed by atoms with E-state index in [1.165, 1.54) is 11.5 Å². The maximum absolute atomic E-state index is 5.43. The molecule has 0 unspecified atom stereocenters. The second kappa shape index (κ2) is 3.71. The topological polar surface area (TPSA) is 55.0 Å². The molecule has 0 bridgehead atoms. The van der Waals surface area contributed by atoms with Crippen molar-refractivity contribution in [2.45, 2.75) is 26.8 Å². The van der Waals surface area contributed by atoms with Crippen molar-refractivity contribution in [3.63, 3.8) is 0 Å². The number of nitrogens with two attached hydrogens (primary N) is 1. The van der Waals surface area contributed by atoms with Crippen LogP contribution in [0.25, 0.3) is 0 Å². The zero-order valence-corrected chi connectivity index (χ0v) is 8.43. The number of nitrogen functional groups attached to an aromatic ring is 1. The Morgan fingerprint density at radius 1 is 1.58 bits per heavy atom. The molecule has 0 aliphatic heterocycles. The maximum atomic E-state index is 5.43. The van der Waals surface area contributed by atoms with E-state index in [1.54, 1.807) is 0 Å². The fraction of sp³-hybridized carbons (Fsp3) is 0.714. The lowest BCUT2D eigenvalue weighted by atomic mass is 10.3. The second-order valence-corrected chi connectivity index (χ2v) is 3.55. The summed E-state index contributed by atoms with van der Waals surface area (Å²) in [4.78, 5) is 6.27. The summed E-state index contributed by atoms with van der Waals surface area (Å²) in [5.41, 5.74) is 5.43. The van der Waals surface area contributed by atoms with Crippen LogP contribution in [0.15, 0.2) is 0 Å². The van der Waals surface area contributed by atoms with E-state index in [1.807, 2.05) is 0 Å². The molecule has 0 aliphatic carbocycles. The summed E-state index contributed by atoms with van der Waals surface area (Å²) in [5, 5.41) is 0.907. The summed E-state index contributed by atoms with van der Waals surface area (Å²) in [5.74, 6) is 0.370. The lowest BCUT2D eigenvalue weighted by Gasteiger charge is -2.23. The normalized spacial score (nSPS) is 10.7. The Kier molecular flexibility index (Phi) is 2.86. The number of aromatic nitrogens is 2. The van der Waals surface area contributed by atoms with Gasteiger partial charge in [-0.1, -0.05) is 0 Å². The first kappa shape index (κ1) is 9.25. The monoisotopic (exact) mass is 186 g/mol. The molecule has 1 aromatic rings. The summed E-state index contributed by atoms with van der Waals surface area (Å²) in [6.07, 6.45) is 0. The number of nitrogens with zero attached hydrogens (tertiary/aromatic N) is 3. The third-order valence-corrected chi connectivity index (χ3v) is 2.41. The van der Waals surface area contributed by atoms with Crippen molar-refractivity contribution in [3.8, 4) is 0 Å². The summed E-state index contributed by atoms with van der Waals surface area (Å²) < 4.78 is 3.93. The average molecular weight is 186 g/mol. The molecule has 12 heavy (non-hydrogen) atoms. The fourth-order valence-electron chi connectivity index (χ4n) is 1.06. The Labute approximate surface area is 76.6 Å². The van der Waals surface area contributed by atoms with Crippen molar-refractivity contribution in [2.24, 2.45) is 0 Å². The van der Waals surface area contributed by atoms with E-state index >= 15 is 0 Å². The molecule has 0 aliphatic rings. The van der Waals surface area contributed by atoms with Gasteiger partial charge >= 0.3 is 0 Å². The first-order chi connectivity index (χ1) is 5.65.